The highest BCUT2D eigenvalue weighted by molar-refractivity contribution is 5.84. The summed E-state index contributed by atoms with van der Waals surface area (Å²) in [6.07, 6.45) is -0.645. The average Bonchev–Trinajstić information content (AvgIpc) is 3.27. The second-order valence-electron chi connectivity index (χ2n) is 23.2. The molecule has 8 aliphatic rings. The lowest BCUT2D eigenvalue weighted by molar-refractivity contribution is -0.365. The molecule has 64 heavy (non-hydrogen) atoms. The van der Waals surface area contributed by atoms with Gasteiger partial charge in [-0.05, 0) is 111 Å². The van der Waals surface area contributed by atoms with Gasteiger partial charge in [-0.25, -0.2) is 0 Å². The Morgan fingerprint density at radius 3 is 2.20 bits per heavy atom. The van der Waals surface area contributed by atoms with Crippen molar-refractivity contribution >= 4 is 11.9 Å². The number of esters is 1. The number of rotatable bonds is 9. The van der Waals surface area contributed by atoms with E-state index in [4.69, 9.17) is 23.7 Å². The van der Waals surface area contributed by atoms with Crippen molar-refractivity contribution in [1.82, 2.24) is 9.80 Å². The third-order valence-corrected chi connectivity index (χ3v) is 19.5. The van der Waals surface area contributed by atoms with Crippen molar-refractivity contribution in [1.29, 1.82) is 0 Å². The largest absolute Gasteiger partial charge is 0.469 e. The number of allylic oxidation sites excluding steroid dienone is 2. The van der Waals surface area contributed by atoms with E-state index in [1.807, 2.05) is 0 Å². The predicted molar refractivity (Wildman–Crippen MR) is 234 cm³/mol. The fraction of sp³-hybridized carbons (Fsp3) is 0.918. The second kappa shape index (κ2) is 17.6. The monoisotopic (exact) mass is 905 g/mol. The summed E-state index contributed by atoms with van der Waals surface area (Å²) >= 11 is 0. The van der Waals surface area contributed by atoms with Gasteiger partial charge in [0.15, 0.2) is 12.6 Å². The molecule has 7 fully saturated rings. The molecule has 5 aliphatic carbocycles. The number of aliphatic hydroxyl groups excluding tert-OH is 6. The Labute approximate surface area is 380 Å². The van der Waals surface area contributed by atoms with E-state index in [2.05, 4.69) is 57.4 Å². The summed E-state index contributed by atoms with van der Waals surface area (Å²) in [6.45, 7) is 19.1. The van der Waals surface area contributed by atoms with Crippen LogP contribution in [0, 0.1) is 50.2 Å². The van der Waals surface area contributed by atoms with Gasteiger partial charge in [0.25, 0.3) is 0 Å². The molecule has 0 bridgehead atoms. The molecular weight excluding hydrogens is 825 g/mol. The minimum absolute atomic E-state index is 0.0454. The quantitative estimate of drug-likeness (QED) is 0.112. The molecule has 15 heteroatoms. The average molecular weight is 905 g/mol. The van der Waals surface area contributed by atoms with Gasteiger partial charge in [0, 0.05) is 38.1 Å². The van der Waals surface area contributed by atoms with Crippen LogP contribution in [0.2, 0.25) is 0 Å². The summed E-state index contributed by atoms with van der Waals surface area (Å²) in [4.78, 5) is 31.3. The number of hydrogen-bond donors (Lipinski definition) is 6. The molecule has 4 saturated carbocycles. The number of nitrogens with zero attached hydrogens (tertiary/aromatic N) is 2. The van der Waals surface area contributed by atoms with Crippen molar-refractivity contribution in [3.8, 4) is 0 Å². The first kappa shape index (κ1) is 48.7. The number of ether oxygens (including phenoxy) is 5. The Bertz CT molecular complexity index is 1760. The fourth-order valence-corrected chi connectivity index (χ4v) is 15.2. The molecule has 18 atom stereocenters. The van der Waals surface area contributed by atoms with Crippen LogP contribution in [0.3, 0.4) is 0 Å². The number of aliphatic hydroxyl groups is 6. The smallest absolute Gasteiger partial charge is 0.306 e. The van der Waals surface area contributed by atoms with Gasteiger partial charge in [0.2, 0.25) is 5.91 Å². The topological polar surface area (TPSA) is 208 Å². The molecular formula is C49H80N2O13. The SMILES string of the molecule is COC(=O)CCN1CCN(C(=O)[C@]23CCC(C)(C)C[C@H]2C2=CC[C@@H]4[C@@]5(C)CC[C@H](O[C@@H]6OC[C@H](O)[C@H](O)[C@H]6O[C@@H]6O[C@@H](C)[C@H](O)[C@@H](O)[C@H]6O)[C@@](C)(CO)[C@@H]5CC[C@@]4(C)[C@]2(C)CC3)CC1. The number of carbonyl (C=O) groups excluding carboxylic acids is 2. The molecule has 6 N–H and O–H groups in total. The zero-order valence-electron chi connectivity index (χ0n) is 39.7. The fourth-order valence-electron chi connectivity index (χ4n) is 15.2. The first-order valence-electron chi connectivity index (χ1n) is 24.5. The standard InChI is InChI=1S/C49H80N2O13/c1-28-36(55)38(57)39(58)41(62-28)64-40-37(56)31(53)26-61-42(40)63-34-12-14-45(4)32(46(34,5)27-52)11-15-48(7)33(45)10-9-29-30-25-44(2,3)16-18-49(30,19-17-47(29,48)6)43(59)51-23-21-50(22-24-51)20-13-35(54)60-8/h9,28,30-34,36-42,52-53,55-58H,10-27H2,1-8H3/t28-,30-,31-,32+,33+,34-,36-,37-,38+,39+,40+,41-,42-,45-,46-,47+,48+,49-/m0/s1. The molecule has 0 aromatic heterocycles. The van der Waals surface area contributed by atoms with Crippen LogP contribution in [-0.4, -0.2) is 167 Å². The van der Waals surface area contributed by atoms with E-state index in [-0.39, 0.29) is 52.7 Å². The van der Waals surface area contributed by atoms with Crippen molar-refractivity contribution in [2.45, 2.75) is 181 Å². The van der Waals surface area contributed by atoms with Gasteiger partial charge in [-0.1, -0.05) is 53.2 Å². The maximum absolute atomic E-state index is 15.1. The molecule has 0 aromatic carbocycles. The van der Waals surface area contributed by atoms with Gasteiger partial charge in [-0.3, -0.25) is 14.5 Å². The Morgan fingerprint density at radius 2 is 1.52 bits per heavy atom. The lowest BCUT2D eigenvalue weighted by atomic mass is 9.33. The van der Waals surface area contributed by atoms with Gasteiger partial charge in [-0.15, -0.1) is 0 Å². The maximum atomic E-state index is 15.1. The Kier molecular flexibility index (Phi) is 13.4. The highest BCUT2D eigenvalue weighted by atomic mass is 16.8. The van der Waals surface area contributed by atoms with Crippen LogP contribution < -0.4 is 0 Å². The number of carbonyl (C=O) groups is 2. The number of methoxy groups -OCH3 is 1. The van der Waals surface area contributed by atoms with E-state index in [1.165, 1.54) is 12.7 Å². The summed E-state index contributed by atoms with van der Waals surface area (Å²) in [5.41, 5.74) is 0.206. The Balaban J connectivity index is 1.02. The third-order valence-electron chi connectivity index (χ3n) is 19.5. The number of piperazine rings is 1. The van der Waals surface area contributed by atoms with Crippen LogP contribution in [0.5, 0.6) is 0 Å². The van der Waals surface area contributed by atoms with E-state index in [1.54, 1.807) is 6.92 Å². The Morgan fingerprint density at radius 1 is 0.812 bits per heavy atom. The molecule has 1 amide bonds. The summed E-state index contributed by atoms with van der Waals surface area (Å²) in [5, 5.41) is 64.8. The predicted octanol–water partition coefficient (Wildman–Crippen LogP) is 3.14. The summed E-state index contributed by atoms with van der Waals surface area (Å²) < 4.78 is 29.4. The summed E-state index contributed by atoms with van der Waals surface area (Å²) in [7, 11) is 1.42. The lowest BCUT2D eigenvalue weighted by Crippen LogP contribution is -2.67. The van der Waals surface area contributed by atoms with Crippen LogP contribution in [0.1, 0.15) is 119 Å². The molecule has 0 spiro atoms. The first-order chi connectivity index (χ1) is 30.1. The van der Waals surface area contributed by atoms with Crippen LogP contribution in [0.15, 0.2) is 11.6 Å². The van der Waals surface area contributed by atoms with Crippen LogP contribution in [0.25, 0.3) is 0 Å². The van der Waals surface area contributed by atoms with E-state index in [0.29, 0.717) is 44.3 Å². The molecule has 8 rings (SSSR count). The highest BCUT2D eigenvalue weighted by Crippen LogP contribution is 2.76. The zero-order chi connectivity index (χ0) is 46.4. The Hall–Kier alpha value is -1.76. The normalized spacial score (nSPS) is 49.4. The van der Waals surface area contributed by atoms with Crippen LogP contribution in [0.4, 0.5) is 0 Å². The van der Waals surface area contributed by atoms with Crippen molar-refractivity contribution in [3.05, 3.63) is 11.6 Å². The van der Waals surface area contributed by atoms with E-state index >= 15 is 4.79 Å². The van der Waals surface area contributed by atoms with Crippen LogP contribution >= 0.6 is 0 Å². The minimum Gasteiger partial charge on any atom is -0.469 e. The lowest BCUT2D eigenvalue weighted by Gasteiger charge is -2.71. The summed E-state index contributed by atoms with van der Waals surface area (Å²) in [6, 6.07) is 0. The zero-order valence-corrected chi connectivity index (χ0v) is 39.7. The van der Waals surface area contributed by atoms with E-state index in [0.717, 1.165) is 70.9 Å². The molecule has 3 saturated heterocycles. The van der Waals surface area contributed by atoms with Crippen molar-refractivity contribution in [2.75, 3.05) is 53.0 Å². The summed E-state index contributed by atoms with van der Waals surface area (Å²) in [5.74, 6) is 0.704. The molecule has 15 nitrogen and oxygen atoms in total. The van der Waals surface area contributed by atoms with Gasteiger partial charge in [0.05, 0.1) is 44.4 Å². The number of fused-ring (bicyclic) bond motifs is 7. The van der Waals surface area contributed by atoms with Crippen molar-refractivity contribution in [2.24, 2.45) is 50.2 Å². The third kappa shape index (κ3) is 7.84. The van der Waals surface area contributed by atoms with Gasteiger partial charge in [0.1, 0.15) is 36.6 Å². The molecule has 3 aliphatic heterocycles. The molecule has 364 valence electrons. The van der Waals surface area contributed by atoms with Crippen molar-refractivity contribution < 1.29 is 63.9 Å². The van der Waals surface area contributed by atoms with E-state index < -0.39 is 72.2 Å². The number of amides is 1. The maximum Gasteiger partial charge on any atom is 0.306 e. The molecule has 0 unspecified atom stereocenters. The molecule has 0 aromatic rings. The van der Waals surface area contributed by atoms with Crippen LogP contribution in [-0.2, 0) is 33.3 Å². The number of hydrogen-bond acceptors (Lipinski definition) is 14. The minimum atomic E-state index is -1.63. The van der Waals surface area contributed by atoms with Gasteiger partial charge >= 0.3 is 5.97 Å². The van der Waals surface area contributed by atoms with Crippen molar-refractivity contribution in [3.63, 3.8) is 0 Å². The van der Waals surface area contributed by atoms with Gasteiger partial charge < -0.3 is 59.2 Å². The van der Waals surface area contributed by atoms with Gasteiger partial charge in [-0.2, -0.15) is 0 Å². The molecule has 0 radical (unpaired) electrons. The second-order valence-corrected chi connectivity index (χ2v) is 23.2. The van der Waals surface area contributed by atoms with E-state index in [9.17, 15) is 35.4 Å². The first-order valence-corrected chi connectivity index (χ1v) is 24.5. The molecule has 3 heterocycles. The highest BCUT2D eigenvalue weighted by Gasteiger charge is 2.70.